The monoisotopic (exact) mass is 466 g/mol. The second kappa shape index (κ2) is 11.5. The molecule has 0 atom stereocenters. The van der Waals surface area contributed by atoms with Crippen molar-refractivity contribution in [1.29, 1.82) is 0 Å². The smallest absolute Gasteiger partial charge is 0.411 e. The van der Waals surface area contributed by atoms with Crippen LogP contribution in [0.15, 0.2) is 42.5 Å². The molecule has 0 spiro atoms. The van der Waals surface area contributed by atoms with Crippen molar-refractivity contribution < 1.29 is 37.0 Å². The van der Waals surface area contributed by atoms with Crippen LogP contribution in [0, 0.1) is 13.8 Å². The lowest BCUT2D eigenvalue weighted by Crippen LogP contribution is -2.37. The number of carbonyl (C=O) groups is 3. The van der Waals surface area contributed by atoms with Gasteiger partial charge in [0.1, 0.15) is 6.61 Å². The van der Waals surface area contributed by atoms with Crippen LogP contribution in [0.25, 0.3) is 0 Å². The summed E-state index contributed by atoms with van der Waals surface area (Å²) in [6.07, 6.45) is -4.41. The first kappa shape index (κ1) is 25.9. The van der Waals surface area contributed by atoms with Gasteiger partial charge in [-0.05, 0) is 42.7 Å². The van der Waals surface area contributed by atoms with E-state index < -0.39 is 37.2 Å². The highest BCUT2D eigenvalue weighted by molar-refractivity contribution is 5.96. The summed E-state index contributed by atoms with van der Waals surface area (Å²) < 4.78 is 45.8. The SMILES string of the molecule is Cc1cccc(C)c1NC(=O)CN(C)C(=O)COC(=O)c1ccc(COCC(F)(F)F)cc1. The number of nitrogens with one attached hydrogen (secondary N) is 1. The highest BCUT2D eigenvalue weighted by Gasteiger charge is 2.27. The van der Waals surface area contributed by atoms with E-state index in [4.69, 9.17) is 4.74 Å². The minimum Gasteiger partial charge on any atom is -0.452 e. The first-order valence-corrected chi connectivity index (χ1v) is 9.97. The predicted molar refractivity (Wildman–Crippen MR) is 115 cm³/mol. The van der Waals surface area contributed by atoms with Gasteiger partial charge in [0.2, 0.25) is 5.91 Å². The summed E-state index contributed by atoms with van der Waals surface area (Å²) in [4.78, 5) is 37.7. The number of alkyl halides is 3. The zero-order valence-electron chi connectivity index (χ0n) is 18.5. The van der Waals surface area contributed by atoms with Gasteiger partial charge in [-0.3, -0.25) is 9.59 Å². The van der Waals surface area contributed by atoms with E-state index in [0.29, 0.717) is 11.3 Å². The van der Waals surface area contributed by atoms with E-state index >= 15 is 0 Å². The van der Waals surface area contributed by atoms with Crippen molar-refractivity contribution in [2.45, 2.75) is 26.6 Å². The Balaban J connectivity index is 1.79. The Morgan fingerprint density at radius 3 is 2.18 bits per heavy atom. The standard InChI is InChI=1S/C23H25F3N2O5/c1-15-5-4-6-16(2)21(15)27-19(29)11-28(3)20(30)13-33-22(31)18-9-7-17(8-10-18)12-32-14-23(24,25)26/h4-10H,11-14H2,1-3H3,(H,27,29). The molecule has 0 aliphatic carbocycles. The van der Waals surface area contributed by atoms with Crippen molar-refractivity contribution in [3.63, 3.8) is 0 Å². The van der Waals surface area contributed by atoms with Crippen molar-refractivity contribution >= 4 is 23.5 Å². The maximum Gasteiger partial charge on any atom is 0.411 e. The molecule has 0 aliphatic rings. The number of hydrogen-bond donors (Lipinski definition) is 1. The third kappa shape index (κ3) is 8.57. The number of halogens is 3. The van der Waals surface area contributed by atoms with Crippen molar-refractivity contribution in [3.8, 4) is 0 Å². The maximum atomic E-state index is 12.3. The van der Waals surface area contributed by atoms with Gasteiger partial charge in [-0.2, -0.15) is 13.2 Å². The average Bonchev–Trinajstić information content (AvgIpc) is 2.74. The van der Waals surface area contributed by atoms with Gasteiger partial charge in [-0.25, -0.2) is 4.79 Å². The minimum atomic E-state index is -4.41. The number of esters is 1. The second-order valence-electron chi connectivity index (χ2n) is 7.45. The number of ether oxygens (including phenoxy) is 2. The number of amides is 2. The van der Waals surface area contributed by atoms with E-state index in [1.54, 1.807) is 0 Å². The zero-order valence-corrected chi connectivity index (χ0v) is 18.5. The molecular weight excluding hydrogens is 441 g/mol. The molecule has 0 bridgehead atoms. The fourth-order valence-electron chi connectivity index (χ4n) is 2.84. The molecule has 0 heterocycles. The molecule has 33 heavy (non-hydrogen) atoms. The molecule has 0 fully saturated rings. The Kier molecular flexibility index (Phi) is 8.98. The molecule has 7 nitrogen and oxygen atoms in total. The van der Waals surface area contributed by atoms with Gasteiger partial charge in [0, 0.05) is 12.7 Å². The van der Waals surface area contributed by atoms with Gasteiger partial charge in [0.15, 0.2) is 6.61 Å². The fourth-order valence-corrected chi connectivity index (χ4v) is 2.84. The third-order valence-corrected chi connectivity index (χ3v) is 4.60. The van der Waals surface area contributed by atoms with E-state index in [9.17, 15) is 27.6 Å². The molecule has 10 heteroatoms. The third-order valence-electron chi connectivity index (χ3n) is 4.60. The first-order chi connectivity index (χ1) is 15.5. The Labute approximate surface area is 189 Å². The second-order valence-corrected chi connectivity index (χ2v) is 7.45. The van der Waals surface area contributed by atoms with Gasteiger partial charge in [-0.15, -0.1) is 0 Å². The summed E-state index contributed by atoms with van der Waals surface area (Å²) in [7, 11) is 1.41. The molecule has 0 saturated heterocycles. The van der Waals surface area contributed by atoms with Crippen molar-refractivity contribution in [2.24, 2.45) is 0 Å². The Morgan fingerprint density at radius 1 is 1.00 bits per heavy atom. The molecular formula is C23H25F3N2O5. The molecule has 0 radical (unpaired) electrons. The number of hydrogen-bond acceptors (Lipinski definition) is 5. The lowest BCUT2D eigenvalue weighted by Gasteiger charge is -2.18. The molecule has 2 amide bonds. The van der Waals surface area contributed by atoms with Crippen LogP contribution in [0.2, 0.25) is 0 Å². The largest absolute Gasteiger partial charge is 0.452 e. The molecule has 0 aromatic heterocycles. The number of para-hydroxylation sites is 1. The molecule has 2 aromatic carbocycles. The molecule has 1 N–H and O–H groups in total. The molecule has 178 valence electrons. The predicted octanol–water partition coefficient (Wildman–Crippen LogP) is 3.64. The van der Waals surface area contributed by atoms with E-state index in [-0.39, 0.29) is 18.7 Å². The lowest BCUT2D eigenvalue weighted by molar-refractivity contribution is -0.176. The van der Waals surface area contributed by atoms with Crippen LogP contribution in [-0.2, 0) is 25.7 Å². The molecule has 0 unspecified atom stereocenters. The van der Waals surface area contributed by atoms with Crippen molar-refractivity contribution in [2.75, 3.05) is 32.1 Å². The first-order valence-electron chi connectivity index (χ1n) is 9.97. The normalized spacial score (nSPS) is 11.1. The number of anilines is 1. The fraction of sp³-hybridized carbons (Fsp3) is 0.348. The highest BCUT2D eigenvalue weighted by atomic mass is 19.4. The summed E-state index contributed by atoms with van der Waals surface area (Å²) in [6.45, 7) is 1.30. The minimum absolute atomic E-state index is 0.123. The highest BCUT2D eigenvalue weighted by Crippen LogP contribution is 2.19. The van der Waals surface area contributed by atoms with Crippen molar-refractivity contribution in [3.05, 3.63) is 64.7 Å². The van der Waals surface area contributed by atoms with E-state index in [2.05, 4.69) is 10.1 Å². The van der Waals surface area contributed by atoms with Crippen LogP contribution in [0.1, 0.15) is 27.0 Å². The van der Waals surface area contributed by atoms with Gasteiger partial charge >= 0.3 is 12.1 Å². The maximum absolute atomic E-state index is 12.3. The van der Waals surface area contributed by atoms with Gasteiger partial charge in [0.05, 0.1) is 18.7 Å². The number of aryl methyl sites for hydroxylation is 2. The summed E-state index contributed by atoms with van der Waals surface area (Å²) in [5.41, 5.74) is 3.04. The van der Waals surface area contributed by atoms with Gasteiger partial charge in [0.25, 0.3) is 5.91 Å². The van der Waals surface area contributed by atoms with Crippen LogP contribution >= 0.6 is 0 Å². The van der Waals surface area contributed by atoms with Crippen LogP contribution in [0.4, 0.5) is 18.9 Å². The molecule has 0 aliphatic heterocycles. The van der Waals surface area contributed by atoms with Crippen LogP contribution in [-0.4, -0.2) is 55.7 Å². The number of nitrogens with zero attached hydrogens (tertiary/aromatic N) is 1. The number of benzene rings is 2. The quantitative estimate of drug-likeness (QED) is 0.571. The van der Waals surface area contributed by atoms with E-state index in [0.717, 1.165) is 16.0 Å². The Morgan fingerprint density at radius 2 is 1.61 bits per heavy atom. The van der Waals surface area contributed by atoms with Crippen LogP contribution < -0.4 is 5.32 Å². The summed E-state index contributed by atoms with van der Waals surface area (Å²) >= 11 is 0. The molecule has 2 aromatic rings. The van der Waals surface area contributed by atoms with Gasteiger partial charge in [-0.1, -0.05) is 30.3 Å². The number of rotatable bonds is 9. The lowest BCUT2D eigenvalue weighted by atomic mass is 10.1. The summed E-state index contributed by atoms with van der Waals surface area (Å²) in [5, 5.41) is 2.77. The van der Waals surface area contributed by atoms with E-state index in [1.165, 1.54) is 31.3 Å². The van der Waals surface area contributed by atoms with Gasteiger partial charge < -0.3 is 19.7 Å². The van der Waals surface area contributed by atoms with Crippen molar-refractivity contribution in [1.82, 2.24) is 4.90 Å². The Bertz CT molecular complexity index is 970. The van der Waals surface area contributed by atoms with E-state index in [1.807, 2.05) is 32.0 Å². The number of carbonyl (C=O) groups excluding carboxylic acids is 3. The van der Waals surface area contributed by atoms with Crippen LogP contribution in [0.5, 0.6) is 0 Å². The van der Waals surface area contributed by atoms with Crippen LogP contribution in [0.3, 0.4) is 0 Å². The average molecular weight is 466 g/mol. The topological polar surface area (TPSA) is 84.9 Å². The molecule has 0 saturated carbocycles. The Hall–Kier alpha value is -3.40. The summed E-state index contributed by atoms with van der Waals surface area (Å²) in [5.74, 6) is -1.74. The molecule has 2 rings (SSSR count). The summed E-state index contributed by atoms with van der Waals surface area (Å²) in [6, 6.07) is 11.2. The zero-order chi connectivity index (χ0) is 24.6. The number of likely N-dealkylation sites (N-methyl/N-ethyl adjacent to an activating group) is 1.